The van der Waals surface area contributed by atoms with Crippen molar-refractivity contribution in [3.8, 4) is 0 Å². The minimum atomic E-state index is -0.647. The van der Waals surface area contributed by atoms with Gasteiger partial charge in [0.1, 0.15) is 6.04 Å². The van der Waals surface area contributed by atoms with E-state index in [4.69, 9.17) is 5.73 Å². The number of unbranched alkanes of at least 4 members (excludes halogenated alkanes) is 15. The molecule has 0 rings (SSSR count). The summed E-state index contributed by atoms with van der Waals surface area (Å²) in [5.41, 5.74) is 5.62. The van der Waals surface area contributed by atoms with Gasteiger partial charge in [-0.15, -0.1) is 0 Å². The molecule has 0 bridgehead atoms. The van der Waals surface area contributed by atoms with Crippen LogP contribution in [0, 0.1) is 0 Å². The summed E-state index contributed by atoms with van der Waals surface area (Å²) in [6.45, 7) is 7.04. The fraction of sp³-hybridized carbons (Fsp3) is 0.962. The van der Waals surface area contributed by atoms with Crippen LogP contribution in [0.2, 0.25) is 0 Å². The van der Waals surface area contributed by atoms with Crippen LogP contribution in [0.1, 0.15) is 136 Å². The Morgan fingerprint density at radius 2 is 1.07 bits per heavy atom. The van der Waals surface area contributed by atoms with Gasteiger partial charge in [0.2, 0.25) is 0 Å². The van der Waals surface area contributed by atoms with Gasteiger partial charge in [-0.1, -0.05) is 110 Å². The van der Waals surface area contributed by atoms with Gasteiger partial charge in [0, 0.05) is 0 Å². The minimum absolute atomic E-state index is 0.328. The third-order valence-electron chi connectivity index (χ3n) is 6.26. The largest absolute Gasteiger partial charge is 0.480 e. The van der Waals surface area contributed by atoms with Gasteiger partial charge in [-0.3, -0.25) is 9.69 Å². The third-order valence-corrected chi connectivity index (χ3v) is 6.26. The van der Waals surface area contributed by atoms with E-state index in [1.807, 2.05) is 0 Å². The molecule has 1 atom stereocenters. The maximum absolute atomic E-state index is 11.9. The van der Waals surface area contributed by atoms with Crippen LogP contribution < -0.4 is 5.73 Å². The Balaban J connectivity index is 4.27. The second-order valence-electron chi connectivity index (χ2n) is 9.12. The zero-order chi connectivity index (χ0) is 22.3. The predicted molar refractivity (Wildman–Crippen MR) is 131 cm³/mol. The summed E-state index contributed by atoms with van der Waals surface area (Å²) in [7, 11) is 0. The molecule has 0 saturated heterocycles. The van der Waals surface area contributed by atoms with Crippen molar-refractivity contribution in [3.63, 3.8) is 0 Å². The molecule has 4 heteroatoms. The minimum Gasteiger partial charge on any atom is -0.480 e. The van der Waals surface area contributed by atoms with Crippen LogP contribution in [-0.2, 0) is 4.79 Å². The molecule has 0 aromatic heterocycles. The second kappa shape index (κ2) is 23.1. The van der Waals surface area contributed by atoms with Gasteiger partial charge >= 0.3 is 5.97 Å². The molecule has 0 aromatic rings. The van der Waals surface area contributed by atoms with Crippen LogP contribution in [0.3, 0.4) is 0 Å². The second-order valence-corrected chi connectivity index (χ2v) is 9.12. The molecular formula is C26H54N2O2. The third kappa shape index (κ3) is 18.2. The van der Waals surface area contributed by atoms with Crippen LogP contribution in [0.25, 0.3) is 0 Å². The Morgan fingerprint density at radius 1 is 0.667 bits per heavy atom. The lowest BCUT2D eigenvalue weighted by Crippen LogP contribution is -2.42. The fourth-order valence-electron chi connectivity index (χ4n) is 4.27. The van der Waals surface area contributed by atoms with Crippen molar-refractivity contribution in [2.45, 2.75) is 142 Å². The highest BCUT2D eigenvalue weighted by Crippen LogP contribution is 2.15. The van der Waals surface area contributed by atoms with Gasteiger partial charge in [-0.05, 0) is 45.3 Å². The molecule has 0 saturated carbocycles. The number of carboxylic acid groups (broad SMARTS) is 1. The van der Waals surface area contributed by atoms with Crippen molar-refractivity contribution in [2.24, 2.45) is 5.73 Å². The molecule has 4 nitrogen and oxygen atoms in total. The molecule has 3 N–H and O–H groups in total. The topological polar surface area (TPSA) is 66.6 Å². The van der Waals surface area contributed by atoms with Gasteiger partial charge in [0.25, 0.3) is 0 Å². The molecule has 0 aliphatic carbocycles. The summed E-state index contributed by atoms with van der Waals surface area (Å²) in [6, 6.07) is -0.328. The van der Waals surface area contributed by atoms with E-state index < -0.39 is 5.97 Å². The first-order valence-electron chi connectivity index (χ1n) is 13.3. The summed E-state index contributed by atoms with van der Waals surface area (Å²) < 4.78 is 0. The molecular weight excluding hydrogens is 372 g/mol. The van der Waals surface area contributed by atoms with Crippen molar-refractivity contribution in [2.75, 3.05) is 19.6 Å². The lowest BCUT2D eigenvalue weighted by molar-refractivity contribution is -0.143. The highest BCUT2D eigenvalue weighted by atomic mass is 16.4. The first kappa shape index (κ1) is 29.4. The number of carbonyl (C=O) groups is 1. The van der Waals surface area contributed by atoms with Gasteiger partial charge < -0.3 is 10.8 Å². The molecule has 0 heterocycles. The number of hydrogen-bond acceptors (Lipinski definition) is 3. The van der Waals surface area contributed by atoms with Crippen LogP contribution in [-0.4, -0.2) is 41.7 Å². The SMILES string of the molecule is CCCCCCCCCCN(CCCCCCCCCC)C(CCCCN)C(=O)O. The first-order valence-corrected chi connectivity index (χ1v) is 13.3. The van der Waals surface area contributed by atoms with Crippen molar-refractivity contribution >= 4 is 5.97 Å². The van der Waals surface area contributed by atoms with Crippen molar-refractivity contribution in [1.29, 1.82) is 0 Å². The predicted octanol–water partition coefficient (Wildman–Crippen LogP) is 7.15. The number of aliphatic carboxylic acids is 1. The molecule has 0 spiro atoms. The van der Waals surface area contributed by atoms with E-state index >= 15 is 0 Å². The van der Waals surface area contributed by atoms with Crippen molar-refractivity contribution in [1.82, 2.24) is 4.90 Å². The van der Waals surface area contributed by atoms with E-state index in [0.717, 1.165) is 45.2 Å². The van der Waals surface area contributed by atoms with Crippen LogP contribution in [0.5, 0.6) is 0 Å². The summed E-state index contributed by atoms with van der Waals surface area (Å²) in [5, 5.41) is 9.82. The maximum atomic E-state index is 11.9. The molecule has 30 heavy (non-hydrogen) atoms. The molecule has 180 valence electrons. The highest BCUT2D eigenvalue weighted by Gasteiger charge is 2.24. The average molecular weight is 427 g/mol. The van der Waals surface area contributed by atoms with Gasteiger partial charge in [-0.2, -0.15) is 0 Å². The zero-order valence-corrected chi connectivity index (χ0v) is 20.5. The van der Waals surface area contributed by atoms with E-state index in [1.54, 1.807) is 0 Å². The molecule has 0 amide bonds. The van der Waals surface area contributed by atoms with E-state index in [2.05, 4.69) is 18.7 Å². The fourth-order valence-corrected chi connectivity index (χ4v) is 4.27. The van der Waals surface area contributed by atoms with Crippen LogP contribution in [0.15, 0.2) is 0 Å². The summed E-state index contributed by atoms with van der Waals surface area (Å²) in [5.74, 6) is -0.647. The van der Waals surface area contributed by atoms with E-state index in [0.29, 0.717) is 6.54 Å². The number of rotatable bonds is 24. The van der Waals surface area contributed by atoms with E-state index in [9.17, 15) is 9.90 Å². The normalized spacial score (nSPS) is 12.5. The maximum Gasteiger partial charge on any atom is 0.320 e. The standard InChI is InChI=1S/C26H54N2O2/c1-3-5-7-9-11-13-15-19-23-28(25(26(29)30)21-17-18-22-27)24-20-16-14-12-10-8-6-4-2/h25H,3-24,27H2,1-2H3,(H,29,30). The number of nitrogens with two attached hydrogens (primary N) is 1. The Kier molecular flexibility index (Phi) is 22.6. The lowest BCUT2D eigenvalue weighted by atomic mass is 10.0. The average Bonchev–Trinajstić information content (AvgIpc) is 2.73. The lowest BCUT2D eigenvalue weighted by Gasteiger charge is -2.29. The molecule has 0 fully saturated rings. The quantitative estimate of drug-likeness (QED) is 0.161. The number of carboxylic acids is 1. The van der Waals surface area contributed by atoms with Gasteiger partial charge in [0.05, 0.1) is 0 Å². The number of nitrogens with zero attached hydrogens (tertiary/aromatic N) is 1. The highest BCUT2D eigenvalue weighted by molar-refractivity contribution is 5.73. The molecule has 0 aliphatic heterocycles. The van der Waals surface area contributed by atoms with Gasteiger partial charge in [0.15, 0.2) is 0 Å². The number of hydrogen-bond donors (Lipinski definition) is 2. The van der Waals surface area contributed by atoms with Crippen LogP contribution in [0.4, 0.5) is 0 Å². The molecule has 0 radical (unpaired) electrons. The Bertz CT molecular complexity index is 343. The van der Waals surface area contributed by atoms with Crippen molar-refractivity contribution < 1.29 is 9.90 Å². The molecule has 1 unspecified atom stereocenters. The summed E-state index contributed by atoms with van der Waals surface area (Å²) in [6.07, 6.45) is 23.3. The van der Waals surface area contributed by atoms with E-state index in [-0.39, 0.29) is 6.04 Å². The van der Waals surface area contributed by atoms with Crippen molar-refractivity contribution in [3.05, 3.63) is 0 Å². The van der Waals surface area contributed by atoms with Crippen LogP contribution >= 0.6 is 0 Å². The zero-order valence-electron chi connectivity index (χ0n) is 20.5. The summed E-state index contributed by atoms with van der Waals surface area (Å²) in [4.78, 5) is 14.2. The molecule has 0 aliphatic rings. The monoisotopic (exact) mass is 426 g/mol. The Labute approximate surface area is 188 Å². The van der Waals surface area contributed by atoms with E-state index in [1.165, 1.54) is 89.9 Å². The van der Waals surface area contributed by atoms with Gasteiger partial charge in [-0.25, -0.2) is 0 Å². The smallest absolute Gasteiger partial charge is 0.320 e. The Morgan fingerprint density at radius 3 is 1.43 bits per heavy atom. The molecule has 0 aromatic carbocycles. The Hall–Kier alpha value is -0.610. The first-order chi connectivity index (χ1) is 14.7. The summed E-state index contributed by atoms with van der Waals surface area (Å²) >= 11 is 0.